The van der Waals surface area contributed by atoms with Crippen molar-refractivity contribution in [1.29, 1.82) is 0 Å². The normalized spacial score (nSPS) is 35.3. The molecule has 2 saturated heterocycles. The lowest BCUT2D eigenvalue weighted by atomic mass is 9.78. The molecule has 21 nitrogen and oxygen atoms in total. The first-order valence-corrected chi connectivity index (χ1v) is 32.1. The zero-order valence-corrected chi connectivity index (χ0v) is 50.8. The highest BCUT2D eigenvalue weighted by atomic mass is 31.2. The van der Waals surface area contributed by atoms with Crippen molar-refractivity contribution in [3.05, 3.63) is 71.9 Å². The number of fused-ring (bicyclic) bond motifs is 3. The highest BCUT2D eigenvalue weighted by molar-refractivity contribution is 7.77. The molecule has 1 aromatic carbocycles. The Bertz CT molecular complexity index is 2620. The van der Waals surface area contributed by atoms with Crippen LogP contribution in [0.4, 0.5) is 10.5 Å². The number of cyclic esters (lactones) is 1. The van der Waals surface area contributed by atoms with E-state index in [1.807, 2.05) is 51.2 Å². The number of nitrogens with one attached hydrogen (secondary N) is 1. The van der Waals surface area contributed by atoms with Gasteiger partial charge in [0.25, 0.3) is 11.7 Å². The maximum atomic E-state index is 14.6. The Kier molecular flexibility index (Phi) is 25.4. The second-order valence-electron chi connectivity index (χ2n) is 23.1. The number of allylic oxidation sites excluding steroid dienone is 6. The van der Waals surface area contributed by atoms with Crippen LogP contribution < -0.4 is 10.6 Å². The van der Waals surface area contributed by atoms with Gasteiger partial charge < -0.3 is 58.2 Å². The van der Waals surface area contributed by atoms with E-state index in [-0.39, 0.29) is 60.2 Å². The number of hydrogen-bond acceptors (Lipinski definition) is 16. The average molecular weight is 1190 g/mol. The molecule has 3 heterocycles. The van der Waals surface area contributed by atoms with Crippen LogP contribution in [-0.4, -0.2) is 153 Å². The summed E-state index contributed by atoms with van der Waals surface area (Å²) in [5, 5.41) is 26.0. The van der Waals surface area contributed by atoms with E-state index < -0.39 is 123 Å². The SMILES string of the molecule is CO[C@H]1C[C@@H]2CC[C@@H](C)[C@@](O)(O2)C(=O)C(=O)N2CCCC[C@H]2C(=O)O[C@H]([C@H](C)C[C@H]2CC[C@@H](OC(=O)Nc3ccc(P(=O)(O)CP(=O)(O)O)cc3)[C@H](OC)C2)CC(=O)[C@H](C)/C=C(\C)[C@@H](O)[C@@H](OC)C(=O)[C@H](C)C[C@H](C)\C=C/C=C/C=C/1C. The first-order chi connectivity index (χ1) is 38.5. The molecule has 3 aliphatic heterocycles. The minimum absolute atomic E-state index is 0.0185. The standard InChI is InChI=1S/C59H88N2O19P2/c1-35-16-12-11-13-17-36(2)49(75-8)32-44-23-19-41(7)59(69,80-44)55(65)56(66)61-27-15-14-18-46(61)57(67)78-50(33-47(62)37(3)29-40(6)53(64)54(77-10)52(63)39(5)28-35)38(4)30-42-20-26-48(51(31-42)76-9)79-58(68)60-43-21-24-45(25-22-43)81(70,71)34-82(72,73)74/h11-13,16-17,21-22,24-25,29,35,37-39,41-42,44,46,48-51,53-54,64,69H,14-15,18-20,23,26-28,30-34H2,1-10H3,(H,60,68)(H,70,71)(H2,72,73,74)/b13-11+,16-12-,36-17+,40-29+/t35-,37-,38-,39-,41-,42-,44+,46+,48-,49+,50+,51-,53-,54+,59-/m1/s1. The van der Waals surface area contributed by atoms with E-state index in [2.05, 4.69) is 5.32 Å². The fraction of sp³-hybridized carbons (Fsp3) is 0.661. The Morgan fingerprint density at radius 1 is 0.841 bits per heavy atom. The van der Waals surface area contributed by atoms with Gasteiger partial charge in [-0.25, -0.2) is 9.59 Å². The first-order valence-electron chi connectivity index (χ1n) is 28.5. The zero-order chi connectivity index (χ0) is 60.9. The molecule has 2 bridgehead atoms. The number of nitrogens with zero attached hydrogens (tertiary/aromatic N) is 1. The quantitative estimate of drug-likeness (QED) is 0.0542. The van der Waals surface area contributed by atoms with E-state index in [1.165, 1.54) is 38.5 Å². The van der Waals surface area contributed by atoms with Crippen molar-refractivity contribution in [3.8, 4) is 0 Å². The third kappa shape index (κ3) is 18.7. The number of aliphatic hydroxyl groups excluding tert-OH is 1. The van der Waals surface area contributed by atoms with Crippen LogP contribution in [0.3, 0.4) is 0 Å². The van der Waals surface area contributed by atoms with Gasteiger partial charge in [-0.1, -0.05) is 71.1 Å². The van der Waals surface area contributed by atoms with Gasteiger partial charge >= 0.3 is 19.7 Å². The number of Topliss-reactive ketones (excluding diaryl/α,β-unsaturated/α-hetero) is 3. The molecule has 0 radical (unpaired) electrons. The van der Waals surface area contributed by atoms with Crippen molar-refractivity contribution in [3.63, 3.8) is 0 Å². The Hall–Kier alpha value is -4.50. The van der Waals surface area contributed by atoms with Crippen molar-refractivity contribution in [2.24, 2.45) is 35.5 Å². The van der Waals surface area contributed by atoms with Crippen molar-refractivity contribution in [1.82, 2.24) is 4.90 Å². The molecular weight excluding hydrogens is 1100 g/mol. The number of piperidine rings is 1. The average Bonchev–Trinajstić information content (AvgIpc) is 3.37. The monoisotopic (exact) mass is 1190 g/mol. The maximum Gasteiger partial charge on any atom is 0.411 e. The van der Waals surface area contributed by atoms with Crippen molar-refractivity contribution in [2.75, 3.05) is 39.1 Å². The van der Waals surface area contributed by atoms with E-state index in [0.717, 1.165) is 10.5 Å². The minimum Gasteiger partial charge on any atom is -0.460 e. The summed E-state index contributed by atoms with van der Waals surface area (Å²) in [5.74, 6) is -10.2. The Morgan fingerprint density at radius 2 is 1.54 bits per heavy atom. The second-order valence-corrected chi connectivity index (χ2v) is 27.5. The number of amides is 2. The number of rotatable bonds is 11. The summed E-state index contributed by atoms with van der Waals surface area (Å²) in [5.41, 5.74) is 1.36. The molecule has 0 spiro atoms. The molecule has 1 unspecified atom stereocenters. The third-order valence-electron chi connectivity index (χ3n) is 16.6. The predicted octanol–water partition coefficient (Wildman–Crippen LogP) is 7.47. The molecule has 1 saturated carbocycles. The molecule has 6 N–H and O–H groups in total. The zero-order valence-electron chi connectivity index (χ0n) is 49.0. The molecule has 23 heteroatoms. The highest BCUT2D eigenvalue weighted by Crippen LogP contribution is 2.54. The van der Waals surface area contributed by atoms with Gasteiger partial charge in [-0.05, 0) is 131 Å². The molecule has 2 amide bonds. The number of hydrogen-bond donors (Lipinski definition) is 6. The summed E-state index contributed by atoms with van der Waals surface area (Å²) in [4.78, 5) is 115. The Balaban J connectivity index is 1.40. The number of esters is 1. The van der Waals surface area contributed by atoms with Crippen molar-refractivity contribution < 1.29 is 91.2 Å². The lowest BCUT2D eigenvalue weighted by Gasteiger charge is -2.42. The van der Waals surface area contributed by atoms with Gasteiger partial charge in [0, 0.05) is 69.5 Å². The number of benzene rings is 1. The molecular formula is C59H88N2O19P2. The van der Waals surface area contributed by atoms with Gasteiger partial charge in [-0.3, -0.25) is 33.6 Å². The Labute approximate surface area is 482 Å². The Morgan fingerprint density at radius 3 is 2.18 bits per heavy atom. The van der Waals surface area contributed by atoms with Crippen molar-refractivity contribution >= 4 is 61.3 Å². The molecule has 82 heavy (non-hydrogen) atoms. The number of ketones is 3. The van der Waals surface area contributed by atoms with Crippen LogP contribution in [0.25, 0.3) is 0 Å². The molecule has 1 aliphatic carbocycles. The van der Waals surface area contributed by atoms with Gasteiger partial charge in [0.1, 0.15) is 42.1 Å². The molecule has 3 fully saturated rings. The summed E-state index contributed by atoms with van der Waals surface area (Å²) in [6, 6.07) is 3.73. The van der Waals surface area contributed by atoms with Crippen LogP contribution in [0.5, 0.6) is 0 Å². The third-order valence-corrected chi connectivity index (χ3v) is 20.7. The van der Waals surface area contributed by atoms with Gasteiger partial charge in [0.05, 0.1) is 18.3 Å². The molecule has 0 aromatic heterocycles. The second kappa shape index (κ2) is 30.5. The summed E-state index contributed by atoms with van der Waals surface area (Å²) in [7, 11) is -4.82. The topological polar surface area (TPSA) is 308 Å². The van der Waals surface area contributed by atoms with Crippen LogP contribution in [0.1, 0.15) is 126 Å². The predicted molar refractivity (Wildman–Crippen MR) is 306 cm³/mol. The lowest BCUT2D eigenvalue weighted by Crippen LogP contribution is -2.61. The van der Waals surface area contributed by atoms with Crippen LogP contribution in [0, 0.1) is 35.5 Å². The van der Waals surface area contributed by atoms with Crippen LogP contribution in [0.15, 0.2) is 71.9 Å². The largest absolute Gasteiger partial charge is 0.460 e. The van der Waals surface area contributed by atoms with E-state index in [9.17, 15) is 62.8 Å². The van der Waals surface area contributed by atoms with Gasteiger partial charge in [-0.15, -0.1) is 0 Å². The maximum absolute atomic E-state index is 14.6. The number of carbonyl (C=O) groups is 6. The van der Waals surface area contributed by atoms with Gasteiger partial charge in [0.2, 0.25) is 13.2 Å². The molecule has 16 atom stereocenters. The number of anilines is 1. The number of aliphatic hydroxyl groups is 2. The molecule has 5 rings (SSSR count). The molecule has 1 aromatic rings. The van der Waals surface area contributed by atoms with Crippen molar-refractivity contribution in [2.45, 2.75) is 180 Å². The van der Waals surface area contributed by atoms with E-state index in [0.29, 0.717) is 63.4 Å². The van der Waals surface area contributed by atoms with E-state index >= 15 is 0 Å². The smallest absolute Gasteiger partial charge is 0.411 e. The number of ether oxygens (including phenoxy) is 6. The first kappa shape index (κ1) is 68.3. The molecule has 4 aliphatic rings. The highest BCUT2D eigenvalue weighted by Gasteiger charge is 2.53. The summed E-state index contributed by atoms with van der Waals surface area (Å²) >= 11 is 0. The lowest BCUT2D eigenvalue weighted by molar-refractivity contribution is -0.265. The summed E-state index contributed by atoms with van der Waals surface area (Å²) < 4.78 is 59.5. The minimum atomic E-state index is -4.80. The summed E-state index contributed by atoms with van der Waals surface area (Å²) in [6.45, 7) is 12.4. The van der Waals surface area contributed by atoms with Crippen LogP contribution in [0.2, 0.25) is 0 Å². The van der Waals surface area contributed by atoms with Crippen LogP contribution in [-0.2, 0) is 61.5 Å². The van der Waals surface area contributed by atoms with Gasteiger partial charge in [-0.2, -0.15) is 0 Å². The fourth-order valence-electron chi connectivity index (χ4n) is 11.6. The fourth-order valence-corrected chi connectivity index (χ4v) is 14.9. The summed E-state index contributed by atoms with van der Waals surface area (Å²) in [6.07, 6.45) is 8.19. The number of carbonyl (C=O) groups excluding carboxylic acids is 6. The number of methoxy groups -OCH3 is 3. The van der Waals surface area contributed by atoms with Crippen LogP contribution >= 0.6 is 15.0 Å². The molecule has 458 valence electrons. The van der Waals surface area contributed by atoms with E-state index in [1.54, 1.807) is 40.9 Å². The van der Waals surface area contributed by atoms with Gasteiger partial charge in [0.15, 0.2) is 5.78 Å². The van der Waals surface area contributed by atoms with E-state index in [4.69, 9.17) is 28.4 Å².